The zero-order valence-electron chi connectivity index (χ0n) is 22.1. The van der Waals surface area contributed by atoms with Crippen molar-refractivity contribution in [2.75, 3.05) is 15.5 Å². The van der Waals surface area contributed by atoms with E-state index in [1.54, 1.807) is 23.5 Å². The summed E-state index contributed by atoms with van der Waals surface area (Å²) in [6, 6.07) is 12.8. The monoisotopic (exact) mass is 561 g/mol. The Morgan fingerprint density at radius 3 is 2.77 bits per heavy atom. The summed E-state index contributed by atoms with van der Waals surface area (Å²) in [5.74, 6) is 0.244. The Kier molecular flexibility index (Phi) is 8.43. The molecule has 2 N–H and O–H groups in total. The number of benzene rings is 1. The quantitative estimate of drug-likeness (QED) is 0.197. The van der Waals surface area contributed by atoms with Crippen LogP contribution in [0.25, 0.3) is 10.8 Å². The summed E-state index contributed by atoms with van der Waals surface area (Å²) >= 11 is 7.65. The summed E-state index contributed by atoms with van der Waals surface area (Å²) < 4.78 is 0. The van der Waals surface area contributed by atoms with Crippen molar-refractivity contribution in [3.05, 3.63) is 76.6 Å². The Balaban J connectivity index is 1.37. The van der Waals surface area contributed by atoms with E-state index in [9.17, 15) is 9.59 Å². The third-order valence-corrected chi connectivity index (χ3v) is 8.90. The molecule has 0 saturated heterocycles. The van der Waals surface area contributed by atoms with Gasteiger partial charge >= 0.3 is 0 Å². The van der Waals surface area contributed by atoms with Gasteiger partial charge in [0.25, 0.3) is 0 Å². The summed E-state index contributed by atoms with van der Waals surface area (Å²) in [4.78, 5) is 37.3. The van der Waals surface area contributed by atoms with Crippen molar-refractivity contribution in [2.24, 2.45) is 5.92 Å². The van der Waals surface area contributed by atoms with Crippen LogP contribution in [-0.4, -0.2) is 28.3 Å². The SMILES string of the molecule is Cc1ncc(Cl)cc1N[C@@H](C)c1ccc(N(C=O)[C@@H](CC2CCCC2)C(=O)Nc2ccc3cnccc3c2)s1. The summed E-state index contributed by atoms with van der Waals surface area (Å²) in [5, 5.41) is 9.86. The van der Waals surface area contributed by atoms with Crippen LogP contribution in [0.2, 0.25) is 5.02 Å². The van der Waals surface area contributed by atoms with Gasteiger partial charge in [0.1, 0.15) is 6.04 Å². The van der Waals surface area contributed by atoms with Crippen LogP contribution in [0.15, 0.2) is 61.1 Å². The van der Waals surface area contributed by atoms with Crippen LogP contribution >= 0.6 is 22.9 Å². The Hall–Kier alpha value is -3.49. The van der Waals surface area contributed by atoms with Crippen molar-refractivity contribution in [3.63, 3.8) is 0 Å². The molecular weight excluding hydrogens is 530 g/mol. The van der Waals surface area contributed by atoms with Crippen LogP contribution in [0.5, 0.6) is 0 Å². The molecule has 0 bridgehead atoms. The number of fused-ring (bicyclic) bond motifs is 1. The number of hydrogen-bond acceptors (Lipinski definition) is 6. The lowest BCUT2D eigenvalue weighted by atomic mass is 9.97. The third kappa shape index (κ3) is 6.40. The van der Waals surface area contributed by atoms with E-state index in [1.165, 1.54) is 24.2 Å². The predicted octanol–water partition coefficient (Wildman–Crippen LogP) is 7.38. The highest BCUT2D eigenvalue weighted by atomic mass is 35.5. The van der Waals surface area contributed by atoms with Crippen molar-refractivity contribution in [2.45, 2.75) is 58.0 Å². The first-order valence-electron chi connectivity index (χ1n) is 13.3. The highest BCUT2D eigenvalue weighted by Crippen LogP contribution is 2.36. The molecule has 9 heteroatoms. The molecule has 2 atom stereocenters. The summed E-state index contributed by atoms with van der Waals surface area (Å²) in [6.45, 7) is 3.98. The fraction of sp³-hybridized carbons (Fsp3) is 0.333. The number of pyridine rings is 2. The lowest BCUT2D eigenvalue weighted by molar-refractivity contribution is -0.119. The number of halogens is 1. The van der Waals surface area contributed by atoms with Crippen LogP contribution < -0.4 is 15.5 Å². The highest BCUT2D eigenvalue weighted by molar-refractivity contribution is 7.16. The molecule has 3 heterocycles. The molecule has 2 amide bonds. The molecule has 202 valence electrons. The van der Waals surface area contributed by atoms with Gasteiger partial charge in [-0.3, -0.25) is 24.5 Å². The van der Waals surface area contributed by atoms with Gasteiger partial charge in [0.05, 0.1) is 27.4 Å². The average Bonchev–Trinajstić information content (AvgIpc) is 3.63. The van der Waals surface area contributed by atoms with Crippen molar-refractivity contribution in [3.8, 4) is 0 Å². The first-order valence-corrected chi connectivity index (χ1v) is 14.5. The molecule has 7 nitrogen and oxygen atoms in total. The van der Waals surface area contributed by atoms with Gasteiger partial charge < -0.3 is 10.6 Å². The number of nitrogens with one attached hydrogen (secondary N) is 2. The number of amides is 2. The maximum Gasteiger partial charge on any atom is 0.247 e. The standard InChI is InChI=1S/C30H32ClN5O2S/c1-19-26(15-24(31)17-33-19)34-20(2)28-9-10-29(39-28)36(18-37)27(13-21-5-3-4-6-21)30(38)35-25-8-7-23-16-32-12-11-22(23)14-25/h7-12,14-18,20-21,27,34H,3-6,13H2,1-2H3,(H,35,38)/t20-,27-/m0/s1. The lowest BCUT2D eigenvalue weighted by Crippen LogP contribution is -2.44. The summed E-state index contributed by atoms with van der Waals surface area (Å²) in [5.41, 5.74) is 2.42. The normalized spacial score (nSPS) is 15.2. The maximum atomic E-state index is 13.7. The van der Waals surface area contributed by atoms with Gasteiger partial charge in [-0.1, -0.05) is 43.4 Å². The lowest BCUT2D eigenvalue weighted by Gasteiger charge is -2.28. The zero-order valence-corrected chi connectivity index (χ0v) is 23.6. The Morgan fingerprint density at radius 1 is 1.15 bits per heavy atom. The molecule has 0 aliphatic heterocycles. The number of rotatable bonds is 10. The number of thiophene rings is 1. The number of carbonyl (C=O) groups excluding carboxylic acids is 2. The van der Waals surface area contributed by atoms with Gasteiger partial charge in [0, 0.05) is 34.5 Å². The molecule has 39 heavy (non-hydrogen) atoms. The van der Waals surface area contributed by atoms with Gasteiger partial charge in [-0.25, -0.2) is 0 Å². The second kappa shape index (κ2) is 12.1. The minimum absolute atomic E-state index is 0.0367. The third-order valence-electron chi connectivity index (χ3n) is 7.41. The molecule has 0 spiro atoms. The number of carbonyl (C=O) groups is 2. The molecule has 1 aromatic carbocycles. The van der Waals surface area contributed by atoms with E-state index >= 15 is 0 Å². The minimum atomic E-state index is -0.604. The number of anilines is 3. The Labute approximate surface area is 237 Å². The van der Waals surface area contributed by atoms with Gasteiger partial charge in [-0.2, -0.15) is 0 Å². The largest absolute Gasteiger partial charge is 0.376 e. The fourth-order valence-electron chi connectivity index (χ4n) is 5.25. The van der Waals surface area contributed by atoms with Crippen molar-refractivity contribution in [1.82, 2.24) is 9.97 Å². The first-order chi connectivity index (χ1) is 18.9. The van der Waals surface area contributed by atoms with Gasteiger partial charge in [-0.05, 0) is 68.0 Å². The van der Waals surface area contributed by atoms with Crippen molar-refractivity contribution in [1.29, 1.82) is 0 Å². The van der Waals surface area contributed by atoms with Gasteiger partial charge in [-0.15, -0.1) is 11.3 Å². The number of aromatic nitrogens is 2. The molecule has 0 unspecified atom stereocenters. The predicted molar refractivity (Wildman–Crippen MR) is 160 cm³/mol. The number of hydrogen-bond donors (Lipinski definition) is 2. The average molecular weight is 562 g/mol. The van der Waals surface area contributed by atoms with E-state index in [0.29, 0.717) is 23.0 Å². The molecule has 1 fully saturated rings. The van der Waals surface area contributed by atoms with Crippen molar-refractivity contribution < 1.29 is 9.59 Å². The second-order valence-corrected chi connectivity index (χ2v) is 11.7. The molecule has 1 aliphatic carbocycles. The second-order valence-electron chi connectivity index (χ2n) is 10.2. The Morgan fingerprint density at radius 2 is 1.97 bits per heavy atom. The van der Waals surface area contributed by atoms with Crippen LogP contribution in [0, 0.1) is 12.8 Å². The number of aryl methyl sites for hydroxylation is 1. The zero-order chi connectivity index (χ0) is 27.4. The Bertz CT molecular complexity index is 1470. The fourth-order valence-corrected chi connectivity index (χ4v) is 6.43. The summed E-state index contributed by atoms with van der Waals surface area (Å²) in [7, 11) is 0. The molecule has 0 radical (unpaired) electrons. The number of nitrogens with zero attached hydrogens (tertiary/aromatic N) is 3. The minimum Gasteiger partial charge on any atom is -0.376 e. The molecule has 3 aromatic heterocycles. The highest BCUT2D eigenvalue weighted by Gasteiger charge is 2.31. The smallest absolute Gasteiger partial charge is 0.247 e. The van der Waals surface area contributed by atoms with Crippen molar-refractivity contribution >= 4 is 62.4 Å². The van der Waals surface area contributed by atoms with E-state index in [0.717, 1.165) is 51.3 Å². The van der Waals surface area contributed by atoms with Crippen LogP contribution in [0.4, 0.5) is 16.4 Å². The molecule has 4 aromatic rings. The van der Waals surface area contributed by atoms with E-state index < -0.39 is 6.04 Å². The molecule has 1 aliphatic rings. The topological polar surface area (TPSA) is 87.2 Å². The van der Waals surface area contributed by atoms with Crippen LogP contribution in [-0.2, 0) is 9.59 Å². The summed E-state index contributed by atoms with van der Waals surface area (Å²) in [6.07, 6.45) is 11.1. The van der Waals surface area contributed by atoms with Gasteiger partial charge in [0.2, 0.25) is 12.3 Å². The maximum absolute atomic E-state index is 13.7. The molecule has 5 rings (SSSR count). The van der Waals surface area contributed by atoms with E-state index in [-0.39, 0.29) is 11.9 Å². The molecule has 1 saturated carbocycles. The van der Waals surface area contributed by atoms with E-state index in [2.05, 4.69) is 27.5 Å². The van der Waals surface area contributed by atoms with E-state index in [4.69, 9.17) is 11.6 Å². The molecular formula is C30H32ClN5O2S. The first kappa shape index (κ1) is 27.1. The van der Waals surface area contributed by atoms with Crippen LogP contribution in [0.1, 0.15) is 55.6 Å². The van der Waals surface area contributed by atoms with Gasteiger partial charge in [0.15, 0.2) is 0 Å². The van der Waals surface area contributed by atoms with E-state index in [1.807, 2.05) is 49.4 Å². The van der Waals surface area contributed by atoms with Crippen LogP contribution in [0.3, 0.4) is 0 Å².